The Kier molecular flexibility index (Phi) is 5.98. The quantitative estimate of drug-likeness (QED) is 0.312. The van der Waals surface area contributed by atoms with E-state index in [2.05, 4.69) is 50.9 Å². The molecule has 7 rings (SSSR count). The van der Waals surface area contributed by atoms with Gasteiger partial charge >= 0.3 is 0 Å². The van der Waals surface area contributed by atoms with E-state index in [0.29, 0.717) is 12.4 Å². The van der Waals surface area contributed by atoms with Gasteiger partial charge in [-0.15, -0.1) is 11.3 Å². The first-order chi connectivity index (χ1) is 19.0. The molecule has 0 spiro atoms. The molecular formula is C30H27N3O5S. The van der Waals surface area contributed by atoms with Gasteiger partial charge in [0.2, 0.25) is 12.2 Å². The summed E-state index contributed by atoms with van der Waals surface area (Å²) in [7, 11) is 0. The van der Waals surface area contributed by atoms with Gasteiger partial charge in [0.25, 0.3) is 0 Å². The molecule has 0 radical (unpaired) electrons. The summed E-state index contributed by atoms with van der Waals surface area (Å²) in [4.78, 5) is 9.30. The van der Waals surface area contributed by atoms with Gasteiger partial charge in [-0.2, -0.15) is 0 Å². The van der Waals surface area contributed by atoms with E-state index < -0.39 is 37.3 Å². The van der Waals surface area contributed by atoms with Gasteiger partial charge in [-0.1, -0.05) is 48.5 Å². The maximum Gasteiger partial charge on any atom is 0.227 e. The summed E-state index contributed by atoms with van der Waals surface area (Å²) in [6.45, 7) is 2.19. The summed E-state index contributed by atoms with van der Waals surface area (Å²) in [6.07, 6.45) is -2.26. The van der Waals surface area contributed by atoms with Crippen LogP contribution in [0.2, 0.25) is 0 Å². The lowest BCUT2D eigenvalue weighted by molar-refractivity contribution is -0.234. The number of aliphatic imine (C=N–C) groups is 1. The molecule has 0 amide bonds. The van der Waals surface area contributed by atoms with Crippen LogP contribution >= 0.6 is 11.3 Å². The van der Waals surface area contributed by atoms with E-state index in [0.717, 1.165) is 38.3 Å². The number of aryl methyl sites for hydroxylation is 1. The molecule has 1 unspecified atom stereocenters. The molecule has 198 valence electrons. The Bertz CT molecular complexity index is 1730. The van der Waals surface area contributed by atoms with Crippen LogP contribution < -0.4 is 0 Å². The summed E-state index contributed by atoms with van der Waals surface area (Å²) in [5.74, 6) is 0.343. The van der Waals surface area contributed by atoms with Crippen molar-refractivity contribution in [1.82, 2.24) is 9.55 Å². The second-order valence-corrected chi connectivity index (χ2v) is 11.0. The lowest BCUT2D eigenvalue weighted by atomic mass is 9.98. The predicted molar refractivity (Wildman–Crippen MR) is 150 cm³/mol. The van der Waals surface area contributed by atoms with Gasteiger partial charge in [0.1, 0.15) is 29.4 Å². The zero-order chi connectivity index (χ0) is 26.7. The first-order valence-corrected chi connectivity index (χ1v) is 13.8. The Hall–Kier alpha value is -3.60. The molecule has 3 N–H and O–H groups in total. The van der Waals surface area contributed by atoms with E-state index in [-0.39, 0.29) is 0 Å². The minimum atomic E-state index is -1.25. The van der Waals surface area contributed by atoms with Gasteiger partial charge in [0.15, 0.2) is 0 Å². The first kappa shape index (κ1) is 24.4. The number of benzene rings is 3. The van der Waals surface area contributed by atoms with Crippen molar-refractivity contribution in [3.05, 3.63) is 89.1 Å². The highest BCUT2D eigenvalue weighted by molar-refractivity contribution is 7.13. The van der Waals surface area contributed by atoms with Crippen LogP contribution in [0.25, 0.3) is 32.2 Å². The Morgan fingerprint density at radius 2 is 1.85 bits per heavy atom. The monoisotopic (exact) mass is 541 g/mol. The summed E-state index contributed by atoms with van der Waals surface area (Å²) >= 11 is 1.61. The van der Waals surface area contributed by atoms with Crippen molar-refractivity contribution in [2.24, 2.45) is 4.99 Å². The Morgan fingerprint density at radius 3 is 2.64 bits per heavy atom. The highest BCUT2D eigenvalue weighted by Crippen LogP contribution is 2.35. The van der Waals surface area contributed by atoms with Crippen molar-refractivity contribution in [1.29, 1.82) is 0 Å². The topological polar surface area (TPSA) is 109 Å². The minimum absolute atomic E-state index is 0.343. The highest BCUT2D eigenvalue weighted by Gasteiger charge is 2.49. The molecule has 2 aliphatic heterocycles. The van der Waals surface area contributed by atoms with E-state index in [1.165, 1.54) is 10.8 Å². The fourth-order valence-corrected chi connectivity index (χ4v) is 6.25. The van der Waals surface area contributed by atoms with Crippen molar-refractivity contribution in [2.75, 3.05) is 6.61 Å². The zero-order valence-electron chi connectivity index (χ0n) is 21.1. The third kappa shape index (κ3) is 4.23. The highest BCUT2D eigenvalue weighted by atomic mass is 32.1. The average Bonchev–Trinajstić information content (AvgIpc) is 3.67. The van der Waals surface area contributed by atoms with E-state index in [4.69, 9.17) is 9.47 Å². The van der Waals surface area contributed by atoms with E-state index in [9.17, 15) is 15.3 Å². The van der Waals surface area contributed by atoms with Gasteiger partial charge in [-0.25, -0.2) is 9.98 Å². The van der Waals surface area contributed by atoms with Crippen molar-refractivity contribution in [3.8, 4) is 10.6 Å². The standard InChI is InChI=1S/C30H27N3O5S/c1-16-15-39-29(31-16)20-8-9-21-22(28-32-25-27(36)26(35)24(14-34)37-30(25)38-28)13-33(23(21)11-20)12-17-6-7-18-4-2-3-5-19(18)10-17/h2-11,13,15,24-27,30,34-36H,12,14H2,1H3/t24?,25-,26-,27-,30-/m1/s1. The number of aliphatic hydroxyl groups excluding tert-OH is 3. The molecule has 39 heavy (non-hydrogen) atoms. The summed E-state index contributed by atoms with van der Waals surface area (Å²) in [6, 6.07) is 20.2. The van der Waals surface area contributed by atoms with Crippen molar-refractivity contribution in [2.45, 2.75) is 44.1 Å². The molecule has 2 aliphatic rings. The van der Waals surface area contributed by atoms with E-state index >= 15 is 0 Å². The van der Waals surface area contributed by atoms with Crippen LogP contribution in [-0.4, -0.2) is 68.0 Å². The van der Waals surface area contributed by atoms with Gasteiger partial charge < -0.3 is 29.4 Å². The number of ether oxygens (including phenoxy) is 2. The largest absolute Gasteiger partial charge is 0.445 e. The predicted octanol–water partition coefficient (Wildman–Crippen LogP) is 3.86. The number of fused-ring (bicyclic) bond motifs is 3. The van der Waals surface area contributed by atoms with Crippen LogP contribution in [0.3, 0.4) is 0 Å². The number of nitrogens with zero attached hydrogens (tertiary/aromatic N) is 3. The molecule has 3 aromatic carbocycles. The number of aromatic nitrogens is 2. The van der Waals surface area contributed by atoms with Crippen molar-refractivity contribution >= 4 is 38.9 Å². The summed E-state index contributed by atoms with van der Waals surface area (Å²) in [5.41, 5.74) is 4.94. The minimum Gasteiger partial charge on any atom is -0.445 e. The van der Waals surface area contributed by atoms with Crippen molar-refractivity contribution in [3.63, 3.8) is 0 Å². The first-order valence-electron chi connectivity index (χ1n) is 12.9. The number of thiazole rings is 1. The molecule has 9 heteroatoms. The third-order valence-corrected chi connectivity index (χ3v) is 8.50. The number of hydrogen-bond donors (Lipinski definition) is 3. The maximum absolute atomic E-state index is 10.6. The Labute approximate surface area is 228 Å². The molecule has 1 fully saturated rings. The second kappa shape index (κ2) is 9.55. The molecule has 0 aliphatic carbocycles. The van der Waals surface area contributed by atoms with Crippen LogP contribution in [0.15, 0.2) is 77.2 Å². The maximum atomic E-state index is 10.6. The molecule has 5 atom stereocenters. The molecule has 5 aromatic rings. The molecular weight excluding hydrogens is 514 g/mol. The van der Waals surface area contributed by atoms with Crippen LogP contribution in [0.5, 0.6) is 0 Å². The van der Waals surface area contributed by atoms with Gasteiger partial charge in [-0.05, 0) is 35.4 Å². The average molecular weight is 542 g/mol. The molecule has 1 saturated heterocycles. The fraction of sp³-hybridized carbons (Fsp3) is 0.267. The molecule has 2 aromatic heterocycles. The molecule has 0 bridgehead atoms. The third-order valence-electron chi connectivity index (χ3n) is 7.49. The van der Waals surface area contributed by atoms with Crippen molar-refractivity contribution < 1.29 is 24.8 Å². The SMILES string of the molecule is Cc1csc(-c2ccc3c(C4=N[C@H]5[C@@H](O4)OC(CO)[C@@H](O)[C@@H]5O)cn(Cc4ccc5ccccc5c4)c3c2)n1. The lowest BCUT2D eigenvalue weighted by Crippen LogP contribution is -2.56. The normalized spacial score (nSPS) is 24.6. The summed E-state index contributed by atoms with van der Waals surface area (Å²) in [5, 5.41) is 36.8. The van der Waals surface area contributed by atoms with Crippen LogP contribution in [-0.2, 0) is 16.0 Å². The van der Waals surface area contributed by atoms with Gasteiger partial charge in [0, 0.05) is 40.3 Å². The molecule has 8 nitrogen and oxygen atoms in total. The van der Waals surface area contributed by atoms with E-state index in [1.807, 2.05) is 42.8 Å². The van der Waals surface area contributed by atoms with Crippen LogP contribution in [0.4, 0.5) is 0 Å². The fourth-order valence-electron chi connectivity index (χ4n) is 5.46. The van der Waals surface area contributed by atoms with Crippen LogP contribution in [0, 0.1) is 6.92 Å². The second-order valence-electron chi connectivity index (χ2n) is 10.1. The zero-order valence-corrected chi connectivity index (χ0v) is 22.0. The lowest BCUT2D eigenvalue weighted by Gasteiger charge is -2.36. The summed E-state index contributed by atoms with van der Waals surface area (Å²) < 4.78 is 14.0. The van der Waals surface area contributed by atoms with Gasteiger partial charge in [0.05, 0.1) is 12.2 Å². The van der Waals surface area contributed by atoms with Crippen LogP contribution in [0.1, 0.15) is 16.8 Å². The smallest absolute Gasteiger partial charge is 0.227 e. The molecule has 4 heterocycles. The van der Waals surface area contributed by atoms with E-state index in [1.54, 1.807) is 11.3 Å². The Balaban J connectivity index is 1.32. The number of rotatable bonds is 5. The van der Waals surface area contributed by atoms with Gasteiger partial charge in [-0.3, -0.25) is 0 Å². The Morgan fingerprint density at radius 1 is 1.00 bits per heavy atom. The number of hydrogen-bond acceptors (Lipinski definition) is 8. The number of aliphatic hydroxyl groups is 3. The molecule has 0 saturated carbocycles.